The fourth-order valence-electron chi connectivity index (χ4n) is 1.56. The number of likely N-dealkylation sites (N-methyl/N-ethyl adjacent to an activating group) is 1. The van der Waals surface area contributed by atoms with Crippen LogP contribution in [0.3, 0.4) is 0 Å². The highest BCUT2D eigenvalue weighted by Crippen LogP contribution is 2.13. The van der Waals surface area contributed by atoms with E-state index in [0.717, 1.165) is 10.0 Å². The molecule has 5 heteroatoms. The molecule has 90 valence electrons. The van der Waals surface area contributed by atoms with Gasteiger partial charge in [0, 0.05) is 16.8 Å². The number of hydrogen-bond donors (Lipinski definition) is 1. The molecule has 0 aliphatic rings. The van der Waals surface area contributed by atoms with E-state index in [0.29, 0.717) is 6.42 Å². The van der Waals surface area contributed by atoms with Crippen LogP contribution in [0, 0.1) is 0 Å². The van der Waals surface area contributed by atoms with Crippen molar-refractivity contribution < 1.29 is 8.42 Å². The fraction of sp³-hybridized carbons (Fsp3) is 0.455. The van der Waals surface area contributed by atoms with Crippen molar-refractivity contribution in [3.63, 3.8) is 0 Å². The number of halogens is 1. The van der Waals surface area contributed by atoms with Crippen molar-refractivity contribution in [1.82, 2.24) is 5.32 Å². The van der Waals surface area contributed by atoms with Gasteiger partial charge in [0.2, 0.25) is 0 Å². The van der Waals surface area contributed by atoms with E-state index < -0.39 is 9.84 Å². The van der Waals surface area contributed by atoms with E-state index in [-0.39, 0.29) is 11.8 Å². The summed E-state index contributed by atoms with van der Waals surface area (Å²) in [6, 6.07) is 7.87. The maximum absolute atomic E-state index is 11.2. The Hall–Kier alpha value is -0.390. The summed E-state index contributed by atoms with van der Waals surface area (Å²) in [5, 5.41) is 3.03. The highest BCUT2D eigenvalue weighted by Gasteiger charge is 2.13. The van der Waals surface area contributed by atoms with Gasteiger partial charge in [-0.2, -0.15) is 0 Å². The molecule has 0 heterocycles. The summed E-state index contributed by atoms with van der Waals surface area (Å²) >= 11 is 3.40. The average molecular weight is 306 g/mol. The van der Waals surface area contributed by atoms with Gasteiger partial charge in [0.05, 0.1) is 5.75 Å². The van der Waals surface area contributed by atoms with Gasteiger partial charge < -0.3 is 5.32 Å². The van der Waals surface area contributed by atoms with Crippen molar-refractivity contribution in [1.29, 1.82) is 0 Å². The molecule has 1 aromatic carbocycles. The third-order valence-corrected chi connectivity index (χ3v) is 3.78. The number of hydrogen-bond acceptors (Lipinski definition) is 3. The smallest absolute Gasteiger partial charge is 0.148 e. The Morgan fingerprint density at radius 3 is 2.62 bits per heavy atom. The molecular formula is C11H16BrNO2S. The van der Waals surface area contributed by atoms with Crippen LogP contribution in [0.4, 0.5) is 0 Å². The van der Waals surface area contributed by atoms with Crippen molar-refractivity contribution in [2.24, 2.45) is 0 Å². The minimum absolute atomic E-state index is 0.0377. The molecule has 1 atom stereocenters. The van der Waals surface area contributed by atoms with Crippen LogP contribution in [0.5, 0.6) is 0 Å². The summed E-state index contributed by atoms with van der Waals surface area (Å²) in [5.74, 6) is 0.163. The standard InChI is InChI=1S/C11H16BrNO2S/c1-13-11(8-16(2,14)15)7-9-4-3-5-10(12)6-9/h3-6,11,13H,7-8H2,1-2H3. The first-order valence-corrected chi connectivity index (χ1v) is 7.85. The van der Waals surface area contributed by atoms with Gasteiger partial charge in [-0.05, 0) is 31.2 Å². The number of nitrogens with one attached hydrogen (secondary N) is 1. The summed E-state index contributed by atoms with van der Waals surface area (Å²) in [6.45, 7) is 0. The van der Waals surface area contributed by atoms with E-state index in [1.54, 1.807) is 7.05 Å². The van der Waals surface area contributed by atoms with Crippen LogP contribution >= 0.6 is 15.9 Å². The topological polar surface area (TPSA) is 46.2 Å². The highest BCUT2D eigenvalue weighted by atomic mass is 79.9. The second-order valence-corrected chi connectivity index (χ2v) is 7.01. The molecule has 1 unspecified atom stereocenters. The zero-order valence-corrected chi connectivity index (χ0v) is 11.8. The van der Waals surface area contributed by atoms with Crippen LogP contribution in [0.1, 0.15) is 5.56 Å². The average Bonchev–Trinajstić information content (AvgIpc) is 2.14. The van der Waals surface area contributed by atoms with Gasteiger partial charge in [-0.1, -0.05) is 28.1 Å². The Bertz CT molecular complexity index is 445. The molecule has 0 aromatic heterocycles. The predicted molar refractivity (Wildman–Crippen MR) is 70.4 cm³/mol. The maximum atomic E-state index is 11.2. The van der Waals surface area contributed by atoms with E-state index in [4.69, 9.17) is 0 Å². The normalized spacial score (nSPS) is 13.7. The highest BCUT2D eigenvalue weighted by molar-refractivity contribution is 9.10. The van der Waals surface area contributed by atoms with Crippen molar-refractivity contribution >= 4 is 25.8 Å². The van der Waals surface area contributed by atoms with Crippen LogP contribution in [0.25, 0.3) is 0 Å². The maximum Gasteiger partial charge on any atom is 0.148 e. The number of benzene rings is 1. The third-order valence-electron chi connectivity index (χ3n) is 2.28. The molecule has 0 saturated heterocycles. The minimum Gasteiger partial charge on any atom is -0.316 e. The van der Waals surface area contributed by atoms with Crippen LogP contribution in [-0.2, 0) is 16.3 Å². The SMILES string of the molecule is CNC(Cc1cccc(Br)c1)CS(C)(=O)=O. The quantitative estimate of drug-likeness (QED) is 0.899. The second-order valence-electron chi connectivity index (χ2n) is 3.91. The summed E-state index contributed by atoms with van der Waals surface area (Å²) in [7, 11) is -1.15. The van der Waals surface area contributed by atoms with Gasteiger partial charge in [0.15, 0.2) is 0 Å². The van der Waals surface area contributed by atoms with Crippen molar-refractivity contribution in [2.75, 3.05) is 19.1 Å². The minimum atomic E-state index is -2.94. The van der Waals surface area contributed by atoms with Gasteiger partial charge in [0.1, 0.15) is 9.84 Å². The molecule has 1 N–H and O–H groups in total. The lowest BCUT2D eigenvalue weighted by molar-refractivity contribution is 0.567. The molecule has 3 nitrogen and oxygen atoms in total. The van der Waals surface area contributed by atoms with E-state index in [1.807, 2.05) is 24.3 Å². The Labute approximate surface area is 105 Å². The van der Waals surface area contributed by atoms with Gasteiger partial charge >= 0.3 is 0 Å². The van der Waals surface area contributed by atoms with Crippen LogP contribution in [0.15, 0.2) is 28.7 Å². The molecule has 0 fully saturated rings. The lowest BCUT2D eigenvalue weighted by Crippen LogP contribution is -2.34. The fourth-order valence-corrected chi connectivity index (χ4v) is 3.02. The zero-order valence-electron chi connectivity index (χ0n) is 9.40. The van der Waals surface area contributed by atoms with Gasteiger partial charge in [-0.3, -0.25) is 0 Å². The molecule has 1 aromatic rings. The number of sulfone groups is 1. The summed E-state index contributed by atoms with van der Waals surface area (Å²) in [4.78, 5) is 0. The van der Waals surface area contributed by atoms with Crippen LogP contribution < -0.4 is 5.32 Å². The van der Waals surface area contributed by atoms with E-state index >= 15 is 0 Å². The first kappa shape index (κ1) is 13.7. The van der Waals surface area contributed by atoms with Crippen molar-refractivity contribution in [3.05, 3.63) is 34.3 Å². The lowest BCUT2D eigenvalue weighted by Gasteiger charge is -2.15. The van der Waals surface area contributed by atoms with E-state index in [2.05, 4.69) is 21.2 Å². The van der Waals surface area contributed by atoms with E-state index in [1.165, 1.54) is 6.26 Å². The predicted octanol–water partition coefficient (Wildman–Crippen LogP) is 1.62. The molecule has 1 rings (SSSR count). The van der Waals surface area contributed by atoms with Gasteiger partial charge in [-0.15, -0.1) is 0 Å². The Morgan fingerprint density at radius 2 is 2.12 bits per heavy atom. The summed E-state index contributed by atoms with van der Waals surface area (Å²) < 4.78 is 23.4. The molecule has 0 bridgehead atoms. The monoisotopic (exact) mass is 305 g/mol. The Kier molecular flexibility index (Phi) is 4.95. The lowest BCUT2D eigenvalue weighted by atomic mass is 10.1. The van der Waals surface area contributed by atoms with Crippen molar-refractivity contribution in [3.8, 4) is 0 Å². The summed E-state index contributed by atoms with van der Waals surface area (Å²) in [5.41, 5.74) is 1.12. The van der Waals surface area contributed by atoms with Crippen molar-refractivity contribution in [2.45, 2.75) is 12.5 Å². The molecule has 0 radical (unpaired) electrons. The van der Waals surface area contributed by atoms with Crippen LogP contribution in [-0.4, -0.2) is 33.5 Å². The first-order valence-electron chi connectivity index (χ1n) is 5.00. The van der Waals surface area contributed by atoms with Gasteiger partial charge in [-0.25, -0.2) is 8.42 Å². The van der Waals surface area contributed by atoms with Crippen LogP contribution in [0.2, 0.25) is 0 Å². The Morgan fingerprint density at radius 1 is 1.44 bits per heavy atom. The molecule has 0 spiro atoms. The number of rotatable bonds is 5. The molecule has 0 saturated carbocycles. The van der Waals surface area contributed by atoms with Gasteiger partial charge in [0.25, 0.3) is 0 Å². The molecular weight excluding hydrogens is 290 g/mol. The Balaban J connectivity index is 2.70. The molecule has 0 aliphatic heterocycles. The first-order chi connectivity index (χ1) is 7.40. The molecule has 0 aliphatic carbocycles. The second kappa shape index (κ2) is 5.80. The van der Waals surface area contributed by atoms with E-state index in [9.17, 15) is 8.42 Å². The summed E-state index contributed by atoms with van der Waals surface area (Å²) in [6.07, 6.45) is 1.97. The zero-order chi connectivity index (χ0) is 12.2. The molecule has 16 heavy (non-hydrogen) atoms. The molecule has 0 amide bonds. The third kappa shape index (κ3) is 5.09. The largest absolute Gasteiger partial charge is 0.316 e.